The molecule has 0 N–H and O–H groups in total. The first-order valence-corrected chi connectivity index (χ1v) is 12.8. The van der Waals surface area contributed by atoms with Gasteiger partial charge in [0, 0.05) is 27.5 Å². The molecule has 0 aliphatic carbocycles. The quantitative estimate of drug-likeness (QED) is 0.245. The molecule has 39 heavy (non-hydrogen) atoms. The molecule has 2 aromatic heterocycles. The number of hydrogen-bond acceptors (Lipinski definition) is 3. The summed E-state index contributed by atoms with van der Waals surface area (Å²) in [6.45, 7) is 0. The van der Waals surface area contributed by atoms with E-state index in [1.165, 1.54) is 0 Å². The summed E-state index contributed by atoms with van der Waals surface area (Å²) in [4.78, 5) is 10.3. The van der Waals surface area contributed by atoms with Gasteiger partial charge in [-0.2, -0.15) is 5.26 Å². The van der Waals surface area contributed by atoms with Gasteiger partial charge in [0.15, 0.2) is 0 Å². The lowest BCUT2D eigenvalue weighted by atomic mass is 10.0. The van der Waals surface area contributed by atoms with E-state index in [1.54, 1.807) is 0 Å². The Hall–Kier alpha value is -5.53. The van der Waals surface area contributed by atoms with Gasteiger partial charge in [-0.1, -0.05) is 109 Å². The van der Waals surface area contributed by atoms with Crippen molar-refractivity contribution in [2.24, 2.45) is 0 Å². The van der Waals surface area contributed by atoms with Gasteiger partial charge in [0.25, 0.3) is 0 Å². The molecule has 0 fully saturated rings. The highest BCUT2D eigenvalue weighted by molar-refractivity contribution is 6.13. The van der Waals surface area contributed by atoms with Crippen LogP contribution in [0, 0.1) is 11.3 Å². The van der Waals surface area contributed by atoms with Crippen molar-refractivity contribution in [1.29, 1.82) is 5.26 Å². The maximum absolute atomic E-state index is 9.33. The number of hydrogen-bond donors (Lipinski definition) is 0. The molecule has 0 unspecified atom stereocenters. The third-order valence-electron chi connectivity index (χ3n) is 7.07. The van der Waals surface area contributed by atoms with Crippen molar-refractivity contribution in [2.45, 2.75) is 0 Å². The second kappa shape index (κ2) is 9.41. The zero-order valence-corrected chi connectivity index (χ0v) is 21.0. The minimum Gasteiger partial charge on any atom is -0.277 e. The Kier molecular flexibility index (Phi) is 5.46. The van der Waals surface area contributed by atoms with Crippen LogP contribution >= 0.6 is 0 Å². The topological polar surface area (TPSA) is 54.5 Å². The molecule has 0 saturated carbocycles. The molecule has 7 aromatic rings. The zero-order chi connectivity index (χ0) is 26.2. The van der Waals surface area contributed by atoms with Gasteiger partial charge in [0.1, 0.15) is 0 Å². The summed E-state index contributed by atoms with van der Waals surface area (Å²) in [5.41, 5.74) is 8.60. The molecule has 7 rings (SSSR count). The normalized spacial score (nSPS) is 11.1. The van der Waals surface area contributed by atoms with E-state index in [0.29, 0.717) is 11.5 Å². The van der Waals surface area contributed by atoms with E-state index in [4.69, 9.17) is 9.97 Å². The highest BCUT2D eigenvalue weighted by Crippen LogP contribution is 2.38. The molecule has 0 amide bonds. The predicted molar refractivity (Wildman–Crippen MR) is 157 cm³/mol. The fraction of sp³-hybridized carbons (Fsp3) is 0. The zero-order valence-electron chi connectivity index (χ0n) is 21.0. The van der Waals surface area contributed by atoms with Crippen LogP contribution in [-0.4, -0.2) is 14.5 Å². The minimum atomic E-state index is 0.613. The van der Waals surface area contributed by atoms with Crippen molar-refractivity contribution >= 4 is 21.8 Å². The maximum Gasteiger partial charge on any atom is 0.235 e. The van der Waals surface area contributed by atoms with E-state index in [2.05, 4.69) is 83.4 Å². The predicted octanol–water partition coefficient (Wildman–Crippen LogP) is 8.45. The third kappa shape index (κ3) is 3.94. The molecule has 0 atom stereocenters. The second-order valence-corrected chi connectivity index (χ2v) is 9.41. The lowest BCUT2D eigenvalue weighted by Crippen LogP contribution is -2.04. The van der Waals surface area contributed by atoms with Crippen LogP contribution in [0.4, 0.5) is 0 Å². The van der Waals surface area contributed by atoms with Crippen molar-refractivity contribution < 1.29 is 0 Å². The van der Waals surface area contributed by atoms with Crippen LogP contribution in [0.5, 0.6) is 0 Å². The van der Waals surface area contributed by atoms with Crippen LogP contribution < -0.4 is 0 Å². The summed E-state index contributed by atoms with van der Waals surface area (Å²) in [5, 5.41) is 11.6. The van der Waals surface area contributed by atoms with Crippen LogP contribution in [0.3, 0.4) is 0 Å². The molecular formula is C35H22N4. The third-order valence-corrected chi connectivity index (χ3v) is 7.07. The highest BCUT2D eigenvalue weighted by Gasteiger charge is 2.19. The Morgan fingerprint density at radius 1 is 0.538 bits per heavy atom. The Morgan fingerprint density at radius 3 is 1.77 bits per heavy atom. The molecule has 0 aliphatic heterocycles. The first kappa shape index (κ1) is 22.7. The van der Waals surface area contributed by atoms with E-state index < -0.39 is 0 Å². The number of benzene rings is 5. The highest BCUT2D eigenvalue weighted by atomic mass is 15.2. The molecular weight excluding hydrogens is 476 g/mol. The fourth-order valence-corrected chi connectivity index (χ4v) is 5.23. The van der Waals surface area contributed by atoms with Crippen LogP contribution in [0.15, 0.2) is 133 Å². The van der Waals surface area contributed by atoms with Crippen LogP contribution in [0.1, 0.15) is 5.56 Å². The van der Waals surface area contributed by atoms with Crippen molar-refractivity contribution in [2.75, 3.05) is 0 Å². The van der Waals surface area contributed by atoms with E-state index >= 15 is 0 Å². The Bertz CT molecular complexity index is 1940. The average Bonchev–Trinajstić information content (AvgIpc) is 3.36. The van der Waals surface area contributed by atoms with Gasteiger partial charge >= 0.3 is 0 Å². The molecule has 0 bridgehead atoms. The van der Waals surface area contributed by atoms with Crippen LogP contribution in [0.2, 0.25) is 0 Å². The average molecular weight is 499 g/mol. The van der Waals surface area contributed by atoms with Crippen molar-refractivity contribution in [1.82, 2.24) is 14.5 Å². The molecule has 2 heterocycles. The first-order chi connectivity index (χ1) is 19.3. The lowest BCUT2D eigenvalue weighted by Gasteiger charge is -2.13. The summed E-state index contributed by atoms with van der Waals surface area (Å²) >= 11 is 0. The standard InChI is InChI=1S/C35H22N4/c36-23-24-18-20-25(21-19-24)28-15-9-16-30-29-14-7-8-17-33(29)39(34(28)30)35-37-31(26-10-3-1-4-11-26)22-32(38-35)27-12-5-2-6-13-27/h1-22H. The largest absolute Gasteiger partial charge is 0.277 e. The molecule has 4 nitrogen and oxygen atoms in total. The molecule has 0 radical (unpaired) electrons. The van der Waals surface area contributed by atoms with Gasteiger partial charge < -0.3 is 0 Å². The molecule has 0 saturated heterocycles. The van der Waals surface area contributed by atoms with Gasteiger partial charge in [0.2, 0.25) is 5.95 Å². The minimum absolute atomic E-state index is 0.613. The smallest absolute Gasteiger partial charge is 0.235 e. The second-order valence-electron chi connectivity index (χ2n) is 9.41. The SMILES string of the molecule is N#Cc1ccc(-c2cccc3c4ccccc4n(-c4nc(-c5ccccc5)cc(-c5ccccc5)n4)c23)cc1. The lowest BCUT2D eigenvalue weighted by molar-refractivity contribution is 0.996. The van der Waals surface area contributed by atoms with E-state index in [1.807, 2.05) is 60.7 Å². The Balaban J connectivity index is 1.58. The monoisotopic (exact) mass is 498 g/mol. The van der Waals surface area contributed by atoms with Gasteiger partial charge in [-0.05, 0) is 29.8 Å². The Morgan fingerprint density at radius 2 is 1.13 bits per heavy atom. The summed E-state index contributed by atoms with van der Waals surface area (Å²) in [6, 6.07) is 47.2. The van der Waals surface area contributed by atoms with E-state index in [-0.39, 0.29) is 0 Å². The molecule has 4 heteroatoms. The summed E-state index contributed by atoms with van der Waals surface area (Å²) in [5.74, 6) is 0.613. The number of fused-ring (bicyclic) bond motifs is 3. The van der Waals surface area contributed by atoms with Crippen molar-refractivity contribution in [3.8, 4) is 45.7 Å². The van der Waals surface area contributed by atoms with Gasteiger partial charge in [-0.25, -0.2) is 9.97 Å². The van der Waals surface area contributed by atoms with Gasteiger partial charge in [-0.3, -0.25) is 4.57 Å². The number of para-hydroxylation sites is 2. The van der Waals surface area contributed by atoms with E-state index in [0.717, 1.165) is 55.4 Å². The molecule has 5 aromatic carbocycles. The summed E-state index contributed by atoms with van der Waals surface area (Å²) < 4.78 is 2.18. The number of nitrogens with zero attached hydrogens (tertiary/aromatic N) is 4. The Labute approximate surface area is 226 Å². The maximum atomic E-state index is 9.33. The summed E-state index contributed by atoms with van der Waals surface area (Å²) in [7, 11) is 0. The number of nitriles is 1. The molecule has 0 spiro atoms. The summed E-state index contributed by atoms with van der Waals surface area (Å²) in [6.07, 6.45) is 0. The van der Waals surface area contributed by atoms with Crippen molar-refractivity contribution in [3.05, 3.63) is 139 Å². The fourth-order valence-electron chi connectivity index (χ4n) is 5.23. The number of aromatic nitrogens is 3. The van der Waals surface area contributed by atoms with E-state index in [9.17, 15) is 5.26 Å². The number of rotatable bonds is 4. The van der Waals surface area contributed by atoms with Crippen LogP contribution in [0.25, 0.3) is 61.4 Å². The van der Waals surface area contributed by atoms with Crippen molar-refractivity contribution in [3.63, 3.8) is 0 Å². The van der Waals surface area contributed by atoms with Gasteiger partial charge in [-0.15, -0.1) is 0 Å². The van der Waals surface area contributed by atoms with Gasteiger partial charge in [0.05, 0.1) is 34.1 Å². The first-order valence-electron chi connectivity index (χ1n) is 12.8. The molecule has 182 valence electrons. The molecule has 0 aliphatic rings. The van der Waals surface area contributed by atoms with Crippen LogP contribution in [-0.2, 0) is 0 Å².